The second-order valence-corrected chi connectivity index (χ2v) is 7.87. The monoisotopic (exact) mass is 340 g/mol. The highest BCUT2D eigenvalue weighted by molar-refractivity contribution is 7.91. The summed E-state index contributed by atoms with van der Waals surface area (Å²) in [5, 5.41) is 11.7. The number of hydrogen-bond donors (Lipinski definition) is 2. The molecule has 0 radical (unpaired) electrons. The lowest BCUT2D eigenvalue weighted by molar-refractivity contribution is -0.146. The maximum atomic E-state index is 12.0. The van der Waals surface area contributed by atoms with Gasteiger partial charge in [-0.25, -0.2) is 8.42 Å². The number of amides is 2. The highest BCUT2D eigenvalue weighted by atomic mass is 32.2. The van der Waals surface area contributed by atoms with Gasteiger partial charge in [-0.15, -0.1) is 0 Å². The normalized spacial score (nSPS) is 19.3. The van der Waals surface area contributed by atoms with Crippen molar-refractivity contribution >= 4 is 21.7 Å². The molecule has 0 aliphatic carbocycles. The molecule has 1 aromatic carbocycles. The van der Waals surface area contributed by atoms with E-state index in [0.717, 1.165) is 5.56 Å². The van der Waals surface area contributed by atoms with Crippen LogP contribution in [0.15, 0.2) is 24.3 Å². The van der Waals surface area contributed by atoms with Gasteiger partial charge in [0, 0.05) is 19.6 Å². The largest absolute Gasteiger partial charge is 0.508 e. The number of benzene rings is 1. The molecule has 0 bridgehead atoms. The fourth-order valence-electron chi connectivity index (χ4n) is 2.47. The summed E-state index contributed by atoms with van der Waals surface area (Å²) in [6.07, 6.45) is 0.895. The van der Waals surface area contributed by atoms with Crippen LogP contribution >= 0.6 is 0 Å². The highest BCUT2D eigenvalue weighted by Gasteiger charge is 2.34. The molecule has 2 rings (SSSR count). The number of sulfone groups is 1. The van der Waals surface area contributed by atoms with Crippen molar-refractivity contribution in [3.05, 3.63) is 29.8 Å². The van der Waals surface area contributed by atoms with Gasteiger partial charge in [0.05, 0.1) is 11.5 Å². The van der Waals surface area contributed by atoms with Gasteiger partial charge in [0.1, 0.15) is 5.75 Å². The molecular formula is C15H20N2O5S. The Morgan fingerprint density at radius 3 is 2.52 bits per heavy atom. The predicted octanol–water partition coefficient (Wildman–Crippen LogP) is -0.304. The van der Waals surface area contributed by atoms with Crippen molar-refractivity contribution in [1.82, 2.24) is 10.2 Å². The minimum absolute atomic E-state index is 0.0533. The topological polar surface area (TPSA) is 104 Å². The third-order valence-electron chi connectivity index (χ3n) is 3.91. The number of nitrogens with one attached hydrogen (secondary N) is 1. The van der Waals surface area contributed by atoms with Gasteiger partial charge in [0.25, 0.3) is 0 Å². The third-order valence-corrected chi connectivity index (χ3v) is 5.66. The summed E-state index contributed by atoms with van der Waals surface area (Å²) in [6.45, 7) is 0.284. The summed E-state index contributed by atoms with van der Waals surface area (Å²) in [5.74, 6) is -1.33. The molecule has 1 heterocycles. The zero-order valence-corrected chi connectivity index (χ0v) is 13.7. The Labute approximate surface area is 135 Å². The zero-order chi connectivity index (χ0) is 17.0. The van der Waals surface area contributed by atoms with Gasteiger partial charge in [-0.3, -0.25) is 9.59 Å². The summed E-state index contributed by atoms with van der Waals surface area (Å²) in [5.41, 5.74) is 0.922. The molecule has 8 heteroatoms. The van der Waals surface area contributed by atoms with Gasteiger partial charge in [-0.1, -0.05) is 12.1 Å². The minimum atomic E-state index is -3.10. The number of rotatable bonds is 4. The molecular weight excluding hydrogens is 320 g/mol. The van der Waals surface area contributed by atoms with E-state index < -0.39 is 27.7 Å². The lowest BCUT2D eigenvalue weighted by Crippen LogP contribution is -2.46. The molecule has 1 aliphatic rings. The van der Waals surface area contributed by atoms with Gasteiger partial charge in [-0.05, 0) is 30.5 Å². The molecule has 0 aromatic heterocycles. The van der Waals surface area contributed by atoms with Crippen molar-refractivity contribution in [1.29, 1.82) is 0 Å². The van der Waals surface area contributed by atoms with Gasteiger partial charge in [-0.2, -0.15) is 0 Å². The fraction of sp³-hybridized carbons (Fsp3) is 0.467. The van der Waals surface area contributed by atoms with Crippen LogP contribution in [-0.4, -0.2) is 61.4 Å². The van der Waals surface area contributed by atoms with E-state index in [2.05, 4.69) is 5.32 Å². The second-order valence-electron chi connectivity index (χ2n) is 5.65. The summed E-state index contributed by atoms with van der Waals surface area (Å²) in [4.78, 5) is 25.1. The van der Waals surface area contributed by atoms with Crippen LogP contribution < -0.4 is 5.32 Å². The van der Waals surface area contributed by atoms with Gasteiger partial charge in [0.2, 0.25) is 0 Å². The Balaban J connectivity index is 1.80. The van der Waals surface area contributed by atoms with E-state index in [1.807, 2.05) is 0 Å². The number of hydrogen-bond acceptors (Lipinski definition) is 5. The Kier molecular flexibility index (Phi) is 5.25. The number of carbonyl (C=O) groups excluding carboxylic acids is 2. The van der Waals surface area contributed by atoms with Gasteiger partial charge >= 0.3 is 11.8 Å². The summed E-state index contributed by atoms with van der Waals surface area (Å²) in [7, 11) is -1.65. The van der Waals surface area contributed by atoms with E-state index in [-0.39, 0.29) is 23.8 Å². The minimum Gasteiger partial charge on any atom is -0.508 e. The van der Waals surface area contributed by atoms with Crippen LogP contribution in [0, 0.1) is 0 Å². The Morgan fingerprint density at radius 2 is 1.96 bits per heavy atom. The van der Waals surface area contributed by atoms with Crippen LogP contribution in [0.3, 0.4) is 0 Å². The molecule has 7 nitrogen and oxygen atoms in total. The lowest BCUT2D eigenvalue weighted by Gasteiger charge is -2.22. The standard InChI is InChI=1S/C15H20N2O5S/c1-17(12-7-9-23(21,22)10-12)15(20)14(19)16-8-6-11-2-4-13(18)5-3-11/h2-5,12,18H,6-10H2,1H3,(H,16,19). The van der Waals surface area contributed by atoms with Gasteiger partial charge < -0.3 is 15.3 Å². The third kappa shape index (κ3) is 4.69. The Morgan fingerprint density at radius 1 is 1.30 bits per heavy atom. The molecule has 23 heavy (non-hydrogen) atoms. The molecule has 1 aromatic rings. The zero-order valence-electron chi connectivity index (χ0n) is 12.9. The Bertz CT molecular complexity index is 684. The molecule has 1 saturated heterocycles. The van der Waals surface area contributed by atoms with Crippen molar-refractivity contribution < 1.29 is 23.1 Å². The van der Waals surface area contributed by atoms with Crippen molar-refractivity contribution in [2.24, 2.45) is 0 Å². The molecule has 1 unspecified atom stereocenters. The van der Waals surface area contributed by atoms with E-state index in [1.54, 1.807) is 24.3 Å². The first kappa shape index (κ1) is 17.3. The van der Waals surface area contributed by atoms with Crippen LogP contribution in [0.4, 0.5) is 0 Å². The molecule has 2 N–H and O–H groups in total. The van der Waals surface area contributed by atoms with E-state index >= 15 is 0 Å². The van der Waals surface area contributed by atoms with Crippen LogP contribution in [0.1, 0.15) is 12.0 Å². The first-order valence-electron chi connectivity index (χ1n) is 7.32. The average molecular weight is 340 g/mol. The van der Waals surface area contributed by atoms with Crippen LogP contribution in [0.25, 0.3) is 0 Å². The van der Waals surface area contributed by atoms with Crippen molar-refractivity contribution in [3.8, 4) is 5.75 Å². The molecule has 1 atom stereocenters. The van der Waals surface area contributed by atoms with E-state index in [0.29, 0.717) is 12.8 Å². The molecule has 2 amide bonds. The number of likely N-dealkylation sites (N-methyl/N-ethyl adjacent to an activating group) is 1. The van der Waals surface area contributed by atoms with E-state index in [1.165, 1.54) is 11.9 Å². The van der Waals surface area contributed by atoms with Crippen molar-refractivity contribution in [2.45, 2.75) is 18.9 Å². The Hall–Kier alpha value is -2.09. The first-order valence-corrected chi connectivity index (χ1v) is 9.14. The lowest BCUT2D eigenvalue weighted by atomic mass is 10.1. The number of nitrogens with zero attached hydrogens (tertiary/aromatic N) is 1. The first-order chi connectivity index (χ1) is 10.8. The smallest absolute Gasteiger partial charge is 0.311 e. The van der Waals surface area contributed by atoms with Crippen LogP contribution in [-0.2, 0) is 25.8 Å². The fourth-order valence-corrected chi connectivity index (χ4v) is 4.24. The summed E-state index contributed by atoms with van der Waals surface area (Å²) >= 11 is 0. The highest BCUT2D eigenvalue weighted by Crippen LogP contribution is 2.16. The number of phenols is 1. The van der Waals surface area contributed by atoms with Crippen LogP contribution in [0.2, 0.25) is 0 Å². The van der Waals surface area contributed by atoms with Crippen molar-refractivity contribution in [3.63, 3.8) is 0 Å². The molecule has 126 valence electrons. The number of aromatic hydroxyl groups is 1. The van der Waals surface area contributed by atoms with Gasteiger partial charge in [0.15, 0.2) is 9.84 Å². The number of carbonyl (C=O) groups is 2. The molecule has 0 saturated carbocycles. The van der Waals surface area contributed by atoms with Crippen molar-refractivity contribution in [2.75, 3.05) is 25.1 Å². The molecule has 0 spiro atoms. The number of phenolic OH excluding ortho intramolecular Hbond substituents is 1. The van der Waals surface area contributed by atoms with E-state index in [9.17, 15) is 23.1 Å². The quantitative estimate of drug-likeness (QED) is 0.732. The summed E-state index contributed by atoms with van der Waals surface area (Å²) < 4.78 is 22.9. The SMILES string of the molecule is CN(C(=O)C(=O)NCCc1ccc(O)cc1)C1CCS(=O)(=O)C1. The molecule has 1 aliphatic heterocycles. The van der Waals surface area contributed by atoms with E-state index in [4.69, 9.17) is 0 Å². The predicted molar refractivity (Wildman–Crippen MR) is 84.6 cm³/mol. The average Bonchev–Trinajstić information content (AvgIpc) is 2.87. The second kappa shape index (κ2) is 6.99. The summed E-state index contributed by atoms with van der Waals surface area (Å²) in [6, 6.07) is 6.14. The van der Waals surface area contributed by atoms with Crippen LogP contribution in [0.5, 0.6) is 5.75 Å². The molecule has 1 fully saturated rings. The maximum Gasteiger partial charge on any atom is 0.311 e. The maximum absolute atomic E-state index is 12.0.